The molecule has 0 radical (unpaired) electrons. The SMILES string of the molecule is CCOCCN(CC)CC1CCC(C)(C)C1N. The van der Waals surface area contributed by atoms with Gasteiger partial charge in [0.2, 0.25) is 0 Å². The lowest BCUT2D eigenvalue weighted by molar-refractivity contribution is 0.106. The van der Waals surface area contributed by atoms with Gasteiger partial charge in [0.25, 0.3) is 0 Å². The Kier molecular flexibility index (Phi) is 5.90. The normalized spacial score (nSPS) is 27.9. The zero-order valence-electron chi connectivity index (χ0n) is 12.0. The van der Waals surface area contributed by atoms with Gasteiger partial charge in [-0.2, -0.15) is 0 Å². The monoisotopic (exact) mass is 242 g/mol. The molecule has 0 spiro atoms. The van der Waals surface area contributed by atoms with E-state index in [1.807, 2.05) is 6.92 Å². The van der Waals surface area contributed by atoms with Crippen LogP contribution in [0, 0.1) is 11.3 Å². The van der Waals surface area contributed by atoms with Crippen LogP contribution in [0.1, 0.15) is 40.5 Å². The van der Waals surface area contributed by atoms with Gasteiger partial charge in [-0.15, -0.1) is 0 Å². The maximum atomic E-state index is 6.36. The van der Waals surface area contributed by atoms with Gasteiger partial charge in [0.05, 0.1) is 6.61 Å². The van der Waals surface area contributed by atoms with Crippen LogP contribution < -0.4 is 5.73 Å². The molecular formula is C14H30N2O. The van der Waals surface area contributed by atoms with Gasteiger partial charge < -0.3 is 15.4 Å². The molecule has 1 aliphatic rings. The van der Waals surface area contributed by atoms with Crippen LogP contribution >= 0.6 is 0 Å². The van der Waals surface area contributed by atoms with Crippen LogP contribution in [0.3, 0.4) is 0 Å². The summed E-state index contributed by atoms with van der Waals surface area (Å²) in [7, 11) is 0. The maximum absolute atomic E-state index is 6.36. The zero-order chi connectivity index (χ0) is 12.9. The van der Waals surface area contributed by atoms with Gasteiger partial charge in [-0.3, -0.25) is 0 Å². The first-order valence-corrected chi connectivity index (χ1v) is 7.07. The van der Waals surface area contributed by atoms with E-state index in [0.29, 0.717) is 17.4 Å². The predicted octanol–water partition coefficient (Wildman–Crippen LogP) is 2.11. The second-order valence-corrected chi connectivity index (χ2v) is 5.90. The summed E-state index contributed by atoms with van der Waals surface area (Å²) < 4.78 is 5.43. The Morgan fingerprint density at radius 2 is 2.06 bits per heavy atom. The summed E-state index contributed by atoms with van der Waals surface area (Å²) in [6.07, 6.45) is 2.54. The van der Waals surface area contributed by atoms with Crippen molar-refractivity contribution in [1.82, 2.24) is 4.90 Å². The predicted molar refractivity (Wildman–Crippen MR) is 73.1 cm³/mol. The summed E-state index contributed by atoms with van der Waals surface area (Å²) in [6.45, 7) is 13.8. The number of hydrogen-bond donors (Lipinski definition) is 1. The van der Waals surface area contributed by atoms with Crippen molar-refractivity contribution >= 4 is 0 Å². The van der Waals surface area contributed by atoms with E-state index in [-0.39, 0.29) is 0 Å². The summed E-state index contributed by atoms with van der Waals surface area (Å²) in [5, 5.41) is 0. The highest BCUT2D eigenvalue weighted by molar-refractivity contribution is 4.95. The van der Waals surface area contributed by atoms with E-state index < -0.39 is 0 Å². The first-order chi connectivity index (χ1) is 8.01. The Morgan fingerprint density at radius 3 is 2.53 bits per heavy atom. The van der Waals surface area contributed by atoms with E-state index >= 15 is 0 Å². The molecule has 0 bridgehead atoms. The molecule has 0 heterocycles. The van der Waals surface area contributed by atoms with E-state index in [9.17, 15) is 0 Å². The number of ether oxygens (including phenoxy) is 1. The number of likely N-dealkylation sites (N-methyl/N-ethyl adjacent to an activating group) is 1. The summed E-state index contributed by atoms with van der Waals surface area (Å²) in [5.41, 5.74) is 6.68. The van der Waals surface area contributed by atoms with Crippen molar-refractivity contribution in [2.75, 3.05) is 32.8 Å². The van der Waals surface area contributed by atoms with Gasteiger partial charge in [-0.05, 0) is 37.6 Å². The van der Waals surface area contributed by atoms with Crippen molar-refractivity contribution in [2.45, 2.75) is 46.6 Å². The molecule has 2 N–H and O–H groups in total. The van der Waals surface area contributed by atoms with Crippen molar-refractivity contribution < 1.29 is 4.74 Å². The molecule has 2 atom stereocenters. The Labute approximate surface area is 107 Å². The summed E-state index contributed by atoms with van der Waals surface area (Å²) >= 11 is 0. The molecular weight excluding hydrogens is 212 g/mol. The third-order valence-electron chi connectivity index (χ3n) is 4.27. The zero-order valence-corrected chi connectivity index (χ0v) is 12.0. The average Bonchev–Trinajstić information content (AvgIpc) is 2.55. The molecule has 0 saturated heterocycles. The van der Waals surface area contributed by atoms with Gasteiger partial charge >= 0.3 is 0 Å². The highest BCUT2D eigenvalue weighted by Gasteiger charge is 2.39. The van der Waals surface area contributed by atoms with Crippen LogP contribution in [0.5, 0.6) is 0 Å². The minimum Gasteiger partial charge on any atom is -0.380 e. The maximum Gasteiger partial charge on any atom is 0.0593 e. The van der Waals surface area contributed by atoms with Crippen molar-refractivity contribution in [3.05, 3.63) is 0 Å². The highest BCUT2D eigenvalue weighted by atomic mass is 16.5. The lowest BCUT2D eigenvalue weighted by Gasteiger charge is -2.30. The molecule has 1 aliphatic carbocycles. The van der Waals surface area contributed by atoms with Crippen molar-refractivity contribution in [3.63, 3.8) is 0 Å². The summed E-state index contributed by atoms with van der Waals surface area (Å²) in [5.74, 6) is 0.659. The molecule has 1 rings (SSSR count). The van der Waals surface area contributed by atoms with Gasteiger partial charge in [-0.1, -0.05) is 20.8 Å². The molecule has 102 valence electrons. The fraction of sp³-hybridized carbons (Fsp3) is 1.00. The van der Waals surface area contributed by atoms with Crippen molar-refractivity contribution in [1.29, 1.82) is 0 Å². The quantitative estimate of drug-likeness (QED) is 0.695. The third kappa shape index (κ3) is 4.23. The topological polar surface area (TPSA) is 38.5 Å². The van der Waals surface area contributed by atoms with Crippen molar-refractivity contribution in [2.24, 2.45) is 17.1 Å². The number of nitrogens with two attached hydrogens (primary N) is 1. The summed E-state index contributed by atoms with van der Waals surface area (Å²) in [4.78, 5) is 2.47. The van der Waals surface area contributed by atoms with E-state index in [1.165, 1.54) is 12.8 Å². The molecule has 3 heteroatoms. The van der Waals surface area contributed by atoms with Crippen LogP contribution in [0.4, 0.5) is 0 Å². The van der Waals surface area contributed by atoms with Crippen LogP contribution in [0.25, 0.3) is 0 Å². The van der Waals surface area contributed by atoms with Crippen LogP contribution in [-0.2, 0) is 4.74 Å². The third-order valence-corrected chi connectivity index (χ3v) is 4.27. The molecule has 17 heavy (non-hydrogen) atoms. The molecule has 1 saturated carbocycles. The molecule has 0 aromatic rings. The van der Waals surface area contributed by atoms with Crippen molar-refractivity contribution in [3.8, 4) is 0 Å². The molecule has 1 fully saturated rings. The Balaban J connectivity index is 2.36. The minimum absolute atomic E-state index is 0.323. The van der Waals surface area contributed by atoms with Gasteiger partial charge in [0.1, 0.15) is 0 Å². The Morgan fingerprint density at radius 1 is 1.35 bits per heavy atom. The number of nitrogens with zero attached hydrogens (tertiary/aromatic N) is 1. The fourth-order valence-corrected chi connectivity index (χ4v) is 2.79. The number of rotatable bonds is 7. The highest BCUT2D eigenvalue weighted by Crippen LogP contribution is 2.40. The molecule has 0 aromatic carbocycles. The standard InChI is InChI=1S/C14H30N2O/c1-5-16(9-10-17-6-2)11-12-7-8-14(3,4)13(12)15/h12-13H,5-11,15H2,1-4H3. The van der Waals surface area contributed by atoms with E-state index in [4.69, 9.17) is 10.5 Å². The second-order valence-electron chi connectivity index (χ2n) is 5.90. The first-order valence-electron chi connectivity index (χ1n) is 7.07. The lowest BCUT2D eigenvalue weighted by atomic mass is 9.85. The molecule has 2 unspecified atom stereocenters. The molecule has 0 aromatic heterocycles. The molecule has 0 amide bonds. The fourth-order valence-electron chi connectivity index (χ4n) is 2.79. The van der Waals surface area contributed by atoms with Gasteiger partial charge in [-0.25, -0.2) is 0 Å². The second kappa shape index (κ2) is 6.72. The Hall–Kier alpha value is -0.120. The van der Waals surface area contributed by atoms with E-state index in [2.05, 4.69) is 25.7 Å². The van der Waals surface area contributed by atoms with E-state index in [1.54, 1.807) is 0 Å². The van der Waals surface area contributed by atoms with Crippen LogP contribution in [0.15, 0.2) is 0 Å². The average molecular weight is 242 g/mol. The van der Waals surface area contributed by atoms with Gasteiger partial charge in [0, 0.05) is 25.7 Å². The van der Waals surface area contributed by atoms with Crippen LogP contribution in [-0.4, -0.2) is 43.8 Å². The van der Waals surface area contributed by atoms with E-state index in [0.717, 1.165) is 32.8 Å². The molecule has 3 nitrogen and oxygen atoms in total. The Bertz CT molecular complexity index is 218. The van der Waals surface area contributed by atoms with Gasteiger partial charge in [0.15, 0.2) is 0 Å². The first kappa shape index (κ1) is 14.9. The number of hydrogen-bond acceptors (Lipinski definition) is 3. The smallest absolute Gasteiger partial charge is 0.0593 e. The molecule has 0 aliphatic heterocycles. The summed E-state index contributed by atoms with van der Waals surface area (Å²) in [6, 6.07) is 0.351. The lowest BCUT2D eigenvalue weighted by Crippen LogP contribution is -2.42. The minimum atomic E-state index is 0.323. The largest absolute Gasteiger partial charge is 0.380 e. The van der Waals surface area contributed by atoms with Crippen LogP contribution in [0.2, 0.25) is 0 Å².